The van der Waals surface area contributed by atoms with Gasteiger partial charge in [0.1, 0.15) is 30.0 Å². The van der Waals surface area contributed by atoms with Crippen LogP contribution in [0.3, 0.4) is 0 Å². The number of aliphatic hydroxyl groups is 2. The number of phenolic OH excluding ortho intramolecular Hbond substituents is 2. The first-order valence-electron chi connectivity index (χ1n) is 11.9. The fraction of sp³-hybridized carbons (Fsp3) is 0.357. The summed E-state index contributed by atoms with van der Waals surface area (Å²) >= 11 is 0. The van der Waals surface area contributed by atoms with Gasteiger partial charge in [0.15, 0.2) is 11.5 Å². The molecule has 0 saturated heterocycles. The van der Waals surface area contributed by atoms with Gasteiger partial charge in [0.2, 0.25) is 0 Å². The van der Waals surface area contributed by atoms with Crippen LogP contribution in [0.1, 0.15) is 47.6 Å². The van der Waals surface area contributed by atoms with Crippen molar-refractivity contribution in [3.8, 4) is 39.9 Å². The first-order chi connectivity index (χ1) is 16.9. The Morgan fingerprint density at radius 3 is 2.60 bits per heavy atom. The van der Waals surface area contributed by atoms with Crippen molar-refractivity contribution in [1.29, 1.82) is 0 Å². The first kappa shape index (κ1) is 23.3. The standard InChI is InChI=1S/C28H30O7/c1-3-15-10-17-11-18(30)5-6-19(17)27-25(34-9-8-29)14-23-20(26(15)27)13-22(32)28(35-23)16-4-7-21(31)24(12-16)33-2/h4-7,11-12,14-15,22,28-32H,3,8-10,13H2,1-2H3. The Hall–Kier alpha value is -3.42. The predicted octanol–water partition coefficient (Wildman–Crippen LogP) is 4.23. The molecule has 5 rings (SSSR count). The summed E-state index contributed by atoms with van der Waals surface area (Å²) in [6.07, 6.45) is 0.581. The summed E-state index contributed by atoms with van der Waals surface area (Å²) in [5.74, 6) is 1.96. The van der Waals surface area contributed by atoms with Crippen LogP contribution in [0, 0.1) is 0 Å². The van der Waals surface area contributed by atoms with Crippen molar-refractivity contribution >= 4 is 0 Å². The number of fused-ring (bicyclic) bond motifs is 5. The van der Waals surface area contributed by atoms with E-state index >= 15 is 0 Å². The normalized spacial score (nSPS) is 20.3. The van der Waals surface area contributed by atoms with Crippen LogP contribution in [0.4, 0.5) is 0 Å². The molecule has 3 aromatic rings. The van der Waals surface area contributed by atoms with Gasteiger partial charge in [-0.25, -0.2) is 0 Å². The quantitative estimate of drug-likeness (QED) is 0.420. The van der Waals surface area contributed by atoms with E-state index in [1.807, 2.05) is 12.1 Å². The first-order valence-corrected chi connectivity index (χ1v) is 11.9. The molecule has 7 heteroatoms. The maximum Gasteiger partial charge on any atom is 0.160 e. The number of phenols is 2. The molecule has 0 bridgehead atoms. The second kappa shape index (κ2) is 9.32. The van der Waals surface area contributed by atoms with E-state index in [-0.39, 0.29) is 30.6 Å². The van der Waals surface area contributed by atoms with E-state index in [1.54, 1.807) is 24.3 Å². The third kappa shape index (κ3) is 4.05. The summed E-state index contributed by atoms with van der Waals surface area (Å²) in [7, 11) is 1.48. The minimum absolute atomic E-state index is 0.0196. The topological polar surface area (TPSA) is 109 Å². The van der Waals surface area contributed by atoms with Gasteiger partial charge in [0, 0.05) is 23.6 Å². The molecule has 3 aromatic carbocycles. The number of ether oxygens (including phenoxy) is 3. The molecule has 7 nitrogen and oxygen atoms in total. The molecule has 0 amide bonds. The maximum atomic E-state index is 11.2. The lowest BCUT2D eigenvalue weighted by Crippen LogP contribution is -2.32. The lowest BCUT2D eigenvalue weighted by atomic mass is 9.73. The Morgan fingerprint density at radius 2 is 1.86 bits per heavy atom. The van der Waals surface area contributed by atoms with Crippen LogP contribution in [0.5, 0.6) is 28.7 Å². The van der Waals surface area contributed by atoms with E-state index < -0.39 is 12.2 Å². The highest BCUT2D eigenvalue weighted by Crippen LogP contribution is 2.53. The Morgan fingerprint density at radius 1 is 1.03 bits per heavy atom. The van der Waals surface area contributed by atoms with Crippen LogP contribution in [0.15, 0.2) is 42.5 Å². The van der Waals surface area contributed by atoms with Crippen molar-refractivity contribution < 1.29 is 34.6 Å². The SMILES string of the molecule is CCC1Cc2cc(O)ccc2-c2c(OCCO)cc3c(c21)CC(O)C(c1ccc(O)c(OC)c1)O3. The highest BCUT2D eigenvalue weighted by Gasteiger charge is 2.37. The third-order valence-corrected chi connectivity index (χ3v) is 7.02. The van der Waals surface area contributed by atoms with E-state index in [2.05, 4.69) is 6.92 Å². The van der Waals surface area contributed by atoms with E-state index in [0.717, 1.165) is 40.7 Å². The van der Waals surface area contributed by atoms with Crippen molar-refractivity contribution in [3.05, 3.63) is 64.7 Å². The highest BCUT2D eigenvalue weighted by atomic mass is 16.5. The molecule has 1 aliphatic heterocycles. The van der Waals surface area contributed by atoms with E-state index in [4.69, 9.17) is 14.2 Å². The molecule has 35 heavy (non-hydrogen) atoms. The zero-order valence-electron chi connectivity index (χ0n) is 19.8. The van der Waals surface area contributed by atoms with Gasteiger partial charge in [-0.05, 0) is 65.3 Å². The molecule has 0 radical (unpaired) electrons. The molecule has 1 heterocycles. The number of aromatic hydroxyl groups is 2. The van der Waals surface area contributed by atoms with Crippen LogP contribution in [0.2, 0.25) is 0 Å². The molecule has 3 unspecified atom stereocenters. The van der Waals surface area contributed by atoms with Gasteiger partial charge >= 0.3 is 0 Å². The van der Waals surface area contributed by atoms with Gasteiger partial charge in [-0.3, -0.25) is 0 Å². The third-order valence-electron chi connectivity index (χ3n) is 7.02. The monoisotopic (exact) mass is 478 g/mol. The molecule has 4 N–H and O–H groups in total. The molecule has 0 saturated carbocycles. The minimum Gasteiger partial charge on any atom is -0.508 e. The van der Waals surface area contributed by atoms with Crippen molar-refractivity contribution in [2.45, 2.75) is 44.3 Å². The molecule has 1 aliphatic carbocycles. The molecule has 0 fully saturated rings. The Labute approximate surface area is 204 Å². The summed E-state index contributed by atoms with van der Waals surface area (Å²) in [6.45, 7) is 2.14. The molecule has 184 valence electrons. The summed E-state index contributed by atoms with van der Waals surface area (Å²) in [5.41, 5.74) is 5.71. The van der Waals surface area contributed by atoms with Gasteiger partial charge in [0.05, 0.1) is 19.8 Å². The van der Waals surface area contributed by atoms with Crippen molar-refractivity contribution in [2.24, 2.45) is 0 Å². The second-order valence-corrected chi connectivity index (χ2v) is 9.10. The molecular weight excluding hydrogens is 448 g/mol. The molecule has 0 aromatic heterocycles. The smallest absolute Gasteiger partial charge is 0.160 e. The average Bonchev–Trinajstić information content (AvgIpc) is 2.86. The Kier molecular flexibility index (Phi) is 6.21. The number of aliphatic hydroxyl groups excluding tert-OH is 2. The lowest BCUT2D eigenvalue weighted by Gasteiger charge is -2.37. The molecule has 2 aliphatic rings. The molecule has 3 atom stereocenters. The summed E-state index contributed by atoms with van der Waals surface area (Å²) in [4.78, 5) is 0. The zero-order valence-corrected chi connectivity index (χ0v) is 19.8. The average molecular weight is 479 g/mol. The van der Waals surface area contributed by atoms with Gasteiger partial charge in [-0.2, -0.15) is 0 Å². The van der Waals surface area contributed by atoms with Crippen molar-refractivity contribution in [1.82, 2.24) is 0 Å². The van der Waals surface area contributed by atoms with Crippen molar-refractivity contribution in [3.63, 3.8) is 0 Å². The zero-order chi connectivity index (χ0) is 24.7. The highest BCUT2D eigenvalue weighted by molar-refractivity contribution is 5.83. The minimum atomic E-state index is -0.802. The van der Waals surface area contributed by atoms with Gasteiger partial charge in [-0.15, -0.1) is 0 Å². The number of hydrogen-bond acceptors (Lipinski definition) is 7. The van der Waals surface area contributed by atoms with Crippen LogP contribution >= 0.6 is 0 Å². The summed E-state index contributed by atoms with van der Waals surface area (Å²) < 4.78 is 17.6. The second-order valence-electron chi connectivity index (χ2n) is 9.10. The van der Waals surface area contributed by atoms with Crippen LogP contribution in [0.25, 0.3) is 11.1 Å². The van der Waals surface area contributed by atoms with Crippen LogP contribution in [-0.4, -0.2) is 46.9 Å². The van der Waals surface area contributed by atoms with E-state index in [1.165, 1.54) is 13.2 Å². The number of benzene rings is 3. The van der Waals surface area contributed by atoms with Crippen LogP contribution < -0.4 is 14.2 Å². The number of rotatable bonds is 6. The Bertz CT molecular complexity index is 1250. The van der Waals surface area contributed by atoms with Gasteiger partial charge < -0.3 is 34.6 Å². The molecule has 0 spiro atoms. The van der Waals surface area contributed by atoms with E-state index in [9.17, 15) is 20.4 Å². The predicted molar refractivity (Wildman–Crippen MR) is 131 cm³/mol. The largest absolute Gasteiger partial charge is 0.508 e. The Balaban J connectivity index is 1.66. The lowest BCUT2D eigenvalue weighted by molar-refractivity contribution is 0.0200. The van der Waals surface area contributed by atoms with Gasteiger partial charge in [0.25, 0.3) is 0 Å². The summed E-state index contributed by atoms with van der Waals surface area (Å²) in [6, 6.07) is 12.1. The summed E-state index contributed by atoms with van der Waals surface area (Å²) in [5, 5.41) is 40.7. The molecular formula is C28H30O7. The fourth-order valence-corrected chi connectivity index (χ4v) is 5.41. The van der Waals surface area contributed by atoms with E-state index in [0.29, 0.717) is 29.2 Å². The van der Waals surface area contributed by atoms with Crippen molar-refractivity contribution in [2.75, 3.05) is 20.3 Å². The fourth-order valence-electron chi connectivity index (χ4n) is 5.41. The maximum absolute atomic E-state index is 11.2. The van der Waals surface area contributed by atoms with Gasteiger partial charge in [-0.1, -0.05) is 19.1 Å². The number of hydrogen-bond donors (Lipinski definition) is 4. The van der Waals surface area contributed by atoms with Crippen LogP contribution in [-0.2, 0) is 12.8 Å². The number of methoxy groups -OCH3 is 1.